The van der Waals surface area contributed by atoms with Gasteiger partial charge in [-0.05, 0) is 65.0 Å². The number of hydrogen-bond donors (Lipinski definition) is 1. The van der Waals surface area contributed by atoms with E-state index in [2.05, 4.69) is 30.0 Å². The van der Waals surface area contributed by atoms with Gasteiger partial charge in [-0.3, -0.25) is 4.90 Å². The summed E-state index contributed by atoms with van der Waals surface area (Å²) in [7, 11) is 4.36. The van der Waals surface area contributed by atoms with Crippen LogP contribution in [0.1, 0.15) is 30.4 Å². The molecule has 1 aromatic heterocycles. The Hall–Kier alpha value is -0.840. The van der Waals surface area contributed by atoms with Gasteiger partial charge in [0.15, 0.2) is 0 Å². The minimum atomic E-state index is 0.202. The Bertz CT molecular complexity index is 382. The molecule has 0 spiro atoms. The van der Waals surface area contributed by atoms with E-state index in [0.29, 0.717) is 6.54 Å². The number of piperidine rings is 1. The monoisotopic (exact) mass is 265 g/mol. The molecule has 4 nitrogen and oxygen atoms in total. The Balaban J connectivity index is 1.91. The van der Waals surface area contributed by atoms with Gasteiger partial charge in [0.25, 0.3) is 0 Å². The molecule has 2 heterocycles. The number of likely N-dealkylation sites (tertiary alicyclic amines) is 1. The van der Waals surface area contributed by atoms with Crippen molar-refractivity contribution in [3.63, 3.8) is 0 Å². The van der Waals surface area contributed by atoms with Gasteiger partial charge in [0.05, 0.1) is 6.04 Å². The first-order valence-electron chi connectivity index (χ1n) is 7.25. The third kappa shape index (κ3) is 3.81. The smallest absolute Gasteiger partial charge is 0.122 e. The van der Waals surface area contributed by atoms with Gasteiger partial charge in [-0.2, -0.15) is 0 Å². The molecule has 0 radical (unpaired) electrons. The normalized spacial score (nSPS) is 20.1. The minimum absolute atomic E-state index is 0.202. The quantitative estimate of drug-likeness (QED) is 0.882. The SMILES string of the molecule is Cc1ccc(C(CN)N(C)CC2CCN(C)CC2)o1. The lowest BCUT2D eigenvalue weighted by molar-refractivity contribution is 0.142. The van der Waals surface area contributed by atoms with Crippen LogP contribution in [0, 0.1) is 12.8 Å². The van der Waals surface area contributed by atoms with Crippen LogP contribution in [0.5, 0.6) is 0 Å². The standard InChI is InChI=1S/C15H27N3O/c1-12-4-5-15(19-12)14(10-16)18(3)11-13-6-8-17(2)9-7-13/h4-5,13-14H,6-11,16H2,1-3H3. The minimum Gasteiger partial charge on any atom is -0.465 e. The molecular formula is C15H27N3O. The Morgan fingerprint density at radius 3 is 2.63 bits per heavy atom. The van der Waals surface area contributed by atoms with Crippen molar-refractivity contribution < 1.29 is 4.42 Å². The van der Waals surface area contributed by atoms with Crippen LogP contribution in [-0.4, -0.2) is 50.1 Å². The molecule has 19 heavy (non-hydrogen) atoms. The molecule has 108 valence electrons. The first-order valence-corrected chi connectivity index (χ1v) is 7.25. The number of hydrogen-bond acceptors (Lipinski definition) is 4. The van der Waals surface area contributed by atoms with Crippen LogP contribution < -0.4 is 5.73 Å². The number of furan rings is 1. The third-order valence-corrected chi connectivity index (χ3v) is 4.23. The lowest BCUT2D eigenvalue weighted by Gasteiger charge is -2.34. The molecule has 1 fully saturated rings. The molecule has 0 aliphatic carbocycles. The van der Waals surface area contributed by atoms with Gasteiger partial charge >= 0.3 is 0 Å². The van der Waals surface area contributed by atoms with Crippen molar-refractivity contribution in [2.24, 2.45) is 11.7 Å². The zero-order valence-corrected chi connectivity index (χ0v) is 12.4. The molecule has 1 aliphatic heterocycles. The van der Waals surface area contributed by atoms with Gasteiger partial charge in [-0.1, -0.05) is 0 Å². The number of aryl methyl sites for hydroxylation is 1. The van der Waals surface area contributed by atoms with E-state index in [4.69, 9.17) is 10.2 Å². The van der Waals surface area contributed by atoms with Crippen molar-refractivity contribution in [1.29, 1.82) is 0 Å². The van der Waals surface area contributed by atoms with Gasteiger partial charge in [0.2, 0.25) is 0 Å². The highest BCUT2D eigenvalue weighted by molar-refractivity contribution is 5.10. The summed E-state index contributed by atoms with van der Waals surface area (Å²) in [6.07, 6.45) is 2.57. The lowest BCUT2D eigenvalue weighted by atomic mass is 9.96. The summed E-state index contributed by atoms with van der Waals surface area (Å²) in [5.41, 5.74) is 5.93. The van der Waals surface area contributed by atoms with Crippen LogP contribution >= 0.6 is 0 Å². The Morgan fingerprint density at radius 2 is 2.11 bits per heavy atom. The fourth-order valence-electron chi connectivity index (χ4n) is 2.92. The number of nitrogens with two attached hydrogens (primary N) is 1. The average Bonchev–Trinajstić information content (AvgIpc) is 2.80. The van der Waals surface area contributed by atoms with Crippen molar-refractivity contribution in [3.05, 3.63) is 23.7 Å². The molecule has 2 rings (SSSR count). The molecule has 0 saturated carbocycles. The molecule has 1 atom stereocenters. The van der Waals surface area contributed by atoms with Crippen LogP contribution in [0.25, 0.3) is 0 Å². The van der Waals surface area contributed by atoms with Gasteiger partial charge in [-0.15, -0.1) is 0 Å². The van der Waals surface area contributed by atoms with E-state index < -0.39 is 0 Å². The molecule has 1 aromatic rings. The highest BCUT2D eigenvalue weighted by Crippen LogP contribution is 2.24. The van der Waals surface area contributed by atoms with Crippen molar-refractivity contribution in [2.75, 3.05) is 40.3 Å². The first-order chi connectivity index (χ1) is 9.10. The van der Waals surface area contributed by atoms with Gasteiger partial charge in [0, 0.05) is 13.1 Å². The van der Waals surface area contributed by atoms with E-state index in [-0.39, 0.29) is 6.04 Å². The van der Waals surface area contributed by atoms with E-state index in [1.54, 1.807) is 0 Å². The summed E-state index contributed by atoms with van der Waals surface area (Å²) in [4.78, 5) is 4.76. The molecule has 0 amide bonds. The summed E-state index contributed by atoms with van der Waals surface area (Å²) in [5, 5.41) is 0. The molecule has 1 saturated heterocycles. The van der Waals surface area contributed by atoms with E-state index in [9.17, 15) is 0 Å². The van der Waals surface area contributed by atoms with Crippen LogP contribution in [-0.2, 0) is 0 Å². The summed E-state index contributed by atoms with van der Waals surface area (Å²) >= 11 is 0. The van der Waals surface area contributed by atoms with Crippen LogP contribution in [0.3, 0.4) is 0 Å². The largest absolute Gasteiger partial charge is 0.465 e. The molecule has 1 unspecified atom stereocenters. The van der Waals surface area contributed by atoms with Gasteiger partial charge in [0.1, 0.15) is 11.5 Å². The van der Waals surface area contributed by atoms with Gasteiger partial charge in [-0.25, -0.2) is 0 Å². The fraction of sp³-hybridized carbons (Fsp3) is 0.733. The summed E-state index contributed by atoms with van der Waals surface area (Å²) in [6, 6.07) is 4.27. The lowest BCUT2D eigenvalue weighted by Crippen LogP contribution is -2.38. The summed E-state index contributed by atoms with van der Waals surface area (Å²) in [6.45, 7) is 6.12. The zero-order valence-electron chi connectivity index (χ0n) is 12.4. The molecule has 0 aromatic carbocycles. The van der Waals surface area contributed by atoms with Crippen LogP contribution in [0.2, 0.25) is 0 Å². The maximum Gasteiger partial charge on any atom is 0.122 e. The zero-order chi connectivity index (χ0) is 13.8. The first kappa shape index (κ1) is 14.6. The Kier molecular flexibility index (Phi) is 5.02. The van der Waals surface area contributed by atoms with E-state index >= 15 is 0 Å². The predicted molar refractivity (Wildman–Crippen MR) is 78.1 cm³/mol. The second-order valence-electron chi connectivity index (χ2n) is 5.89. The summed E-state index contributed by atoms with van der Waals surface area (Å²) in [5.74, 6) is 2.74. The molecule has 1 aliphatic rings. The van der Waals surface area contributed by atoms with Crippen molar-refractivity contribution in [3.8, 4) is 0 Å². The van der Waals surface area contributed by atoms with Crippen LogP contribution in [0.15, 0.2) is 16.5 Å². The Morgan fingerprint density at radius 1 is 1.42 bits per heavy atom. The second-order valence-corrected chi connectivity index (χ2v) is 5.89. The highest BCUT2D eigenvalue weighted by atomic mass is 16.3. The molecule has 2 N–H and O–H groups in total. The molecule has 0 bridgehead atoms. The predicted octanol–water partition coefficient (Wildman–Crippen LogP) is 1.86. The van der Waals surface area contributed by atoms with E-state index in [1.807, 2.05) is 13.0 Å². The Labute approximate surface area is 116 Å². The van der Waals surface area contributed by atoms with Gasteiger partial charge < -0.3 is 15.1 Å². The molecular weight excluding hydrogens is 238 g/mol. The summed E-state index contributed by atoms with van der Waals surface area (Å²) < 4.78 is 5.73. The third-order valence-electron chi connectivity index (χ3n) is 4.23. The number of nitrogens with zero attached hydrogens (tertiary/aromatic N) is 2. The fourth-order valence-corrected chi connectivity index (χ4v) is 2.92. The van der Waals surface area contributed by atoms with E-state index in [1.165, 1.54) is 25.9 Å². The van der Waals surface area contributed by atoms with Crippen molar-refractivity contribution in [2.45, 2.75) is 25.8 Å². The maximum absolute atomic E-state index is 5.93. The average molecular weight is 265 g/mol. The van der Waals surface area contributed by atoms with Crippen LogP contribution in [0.4, 0.5) is 0 Å². The number of rotatable bonds is 5. The second kappa shape index (κ2) is 6.55. The van der Waals surface area contributed by atoms with Crippen molar-refractivity contribution in [1.82, 2.24) is 9.80 Å². The molecule has 4 heteroatoms. The number of likely N-dealkylation sites (N-methyl/N-ethyl adjacent to an activating group) is 1. The van der Waals surface area contributed by atoms with E-state index in [0.717, 1.165) is 24.0 Å². The topological polar surface area (TPSA) is 45.6 Å². The maximum atomic E-state index is 5.93. The highest BCUT2D eigenvalue weighted by Gasteiger charge is 2.23. The van der Waals surface area contributed by atoms with Crippen molar-refractivity contribution >= 4 is 0 Å².